The molecule has 156 valence electrons. The van der Waals surface area contributed by atoms with Crippen LogP contribution in [0.4, 0.5) is 13.2 Å². The predicted octanol–water partition coefficient (Wildman–Crippen LogP) is 0.707. The number of carboxylic acids is 2. The van der Waals surface area contributed by atoms with Crippen molar-refractivity contribution in [2.24, 2.45) is 0 Å². The van der Waals surface area contributed by atoms with Gasteiger partial charge in [0, 0.05) is 25.7 Å². The Morgan fingerprint density at radius 1 is 1.21 bits per heavy atom. The van der Waals surface area contributed by atoms with E-state index in [1.807, 2.05) is 6.20 Å². The minimum absolute atomic E-state index is 0.0833. The van der Waals surface area contributed by atoms with E-state index >= 15 is 0 Å². The van der Waals surface area contributed by atoms with Gasteiger partial charge in [-0.25, -0.2) is 14.6 Å². The number of aliphatic carboxylic acids is 2. The second-order valence-electron chi connectivity index (χ2n) is 6.32. The minimum atomic E-state index is -5.08. The van der Waals surface area contributed by atoms with E-state index in [0.717, 1.165) is 37.3 Å². The summed E-state index contributed by atoms with van der Waals surface area (Å²) in [5.41, 5.74) is 0.773. The molecule has 2 N–H and O–H groups in total. The summed E-state index contributed by atoms with van der Waals surface area (Å²) in [6, 6.07) is 0. The number of hydrogen-bond donors (Lipinski definition) is 2. The number of alkyl halides is 3. The molecule has 3 heterocycles. The van der Waals surface area contributed by atoms with Crippen LogP contribution in [0.15, 0.2) is 6.20 Å². The molecule has 3 rings (SSSR count). The first-order chi connectivity index (χ1) is 13.1. The van der Waals surface area contributed by atoms with Crippen LogP contribution >= 0.6 is 0 Å². The summed E-state index contributed by atoms with van der Waals surface area (Å²) in [6.07, 6.45) is -0.562. The fraction of sp³-hybridized carbons (Fsp3) is 0.625. The van der Waals surface area contributed by atoms with Crippen LogP contribution in [0, 0.1) is 0 Å². The Kier molecular flexibility index (Phi) is 7.00. The number of amides is 1. The monoisotopic (exact) mass is 407 g/mol. The smallest absolute Gasteiger partial charge is 0.479 e. The lowest BCUT2D eigenvalue weighted by Crippen LogP contribution is -2.49. The number of aromatic nitrogens is 2. The van der Waals surface area contributed by atoms with Gasteiger partial charge in [-0.15, -0.1) is 0 Å². The molecule has 0 bridgehead atoms. The molecule has 0 saturated carbocycles. The van der Waals surface area contributed by atoms with E-state index in [1.165, 1.54) is 0 Å². The summed E-state index contributed by atoms with van der Waals surface area (Å²) in [4.78, 5) is 38.2. The Labute approximate surface area is 157 Å². The van der Waals surface area contributed by atoms with Crippen LogP contribution in [0.3, 0.4) is 0 Å². The van der Waals surface area contributed by atoms with E-state index < -0.39 is 24.2 Å². The van der Waals surface area contributed by atoms with E-state index in [-0.39, 0.29) is 25.5 Å². The molecule has 0 aromatic carbocycles. The fourth-order valence-corrected chi connectivity index (χ4v) is 2.85. The largest absolute Gasteiger partial charge is 0.490 e. The standard InChI is InChI=1S/C14H19N3O4.C2HF3O2/c18-13(17-5-6-21-11(9-17)14(19)20)7-10-8-16-4-2-1-3-12(16)15-10;3-2(4,5)1(6)7/h8,11H,1-7,9H2,(H,19,20);(H,6,7). The molecule has 0 aliphatic carbocycles. The van der Waals surface area contributed by atoms with Gasteiger partial charge in [-0.3, -0.25) is 4.79 Å². The van der Waals surface area contributed by atoms with Crippen molar-refractivity contribution in [1.29, 1.82) is 0 Å². The molecule has 0 spiro atoms. The molecule has 1 amide bonds. The third kappa shape index (κ3) is 5.94. The van der Waals surface area contributed by atoms with Crippen LogP contribution in [0.25, 0.3) is 0 Å². The van der Waals surface area contributed by atoms with Gasteiger partial charge in [-0.05, 0) is 12.8 Å². The number of hydrogen-bond acceptors (Lipinski definition) is 5. The average Bonchev–Trinajstić information content (AvgIpc) is 3.03. The second-order valence-corrected chi connectivity index (χ2v) is 6.32. The Balaban J connectivity index is 0.000000345. The van der Waals surface area contributed by atoms with Crippen LogP contribution in [-0.4, -0.2) is 74.5 Å². The average molecular weight is 407 g/mol. The number of ether oxygens (including phenoxy) is 1. The van der Waals surface area contributed by atoms with E-state index in [9.17, 15) is 22.8 Å². The van der Waals surface area contributed by atoms with Gasteiger partial charge in [0.1, 0.15) is 5.82 Å². The summed E-state index contributed by atoms with van der Waals surface area (Å²) in [5.74, 6) is -2.81. The third-order valence-electron chi connectivity index (χ3n) is 4.23. The summed E-state index contributed by atoms with van der Waals surface area (Å²) >= 11 is 0. The number of aryl methyl sites for hydroxylation is 2. The molecule has 1 fully saturated rings. The van der Waals surface area contributed by atoms with Crippen LogP contribution in [0.2, 0.25) is 0 Å². The highest BCUT2D eigenvalue weighted by Crippen LogP contribution is 2.16. The Bertz CT molecular complexity index is 710. The first-order valence-electron chi connectivity index (χ1n) is 8.55. The second kappa shape index (κ2) is 9.04. The SMILES string of the molecule is O=C(O)C(F)(F)F.O=C(O)C1CN(C(=O)Cc2cn3c(n2)CCCC3)CCO1. The molecule has 2 aliphatic heterocycles. The highest BCUT2D eigenvalue weighted by molar-refractivity contribution is 5.80. The fourth-order valence-electron chi connectivity index (χ4n) is 2.85. The van der Waals surface area contributed by atoms with Crippen molar-refractivity contribution >= 4 is 17.8 Å². The maximum absolute atomic E-state index is 12.3. The lowest BCUT2D eigenvalue weighted by atomic mass is 10.2. The van der Waals surface area contributed by atoms with Gasteiger partial charge in [0.2, 0.25) is 5.91 Å². The van der Waals surface area contributed by atoms with E-state index in [0.29, 0.717) is 6.54 Å². The van der Waals surface area contributed by atoms with Gasteiger partial charge in [0.05, 0.1) is 25.3 Å². The molecule has 28 heavy (non-hydrogen) atoms. The van der Waals surface area contributed by atoms with Gasteiger partial charge in [0.15, 0.2) is 6.10 Å². The van der Waals surface area contributed by atoms with Crippen LogP contribution in [0.1, 0.15) is 24.4 Å². The summed E-state index contributed by atoms with van der Waals surface area (Å²) in [7, 11) is 0. The number of morpholine rings is 1. The summed E-state index contributed by atoms with van der Waals surface area (Å²) in [5, 5.41) is 16.1. The lowest BCUT2D eigenvalue weighted by molar-refractivity contribution is -0.192. The topological polar surface area (TPSA) is 122 Å². The molecule has 0 radical (unpaired) electrons. The number of imidazole rings is 1. The molecule has 2 aliphatic rings. The first-order valence-corrected chi connectivity index (χ1v) is 8.55. The molecule has 1 aromatic heterocycles. The quantitative estimate of drug-likeness (QED) is 0.757. The van der Waals surface area contributed by atoms with E-state index in [1.54, 1.807) is 4.90 Å². The zero-order chi connectivity index (χ0) is 20.9. The Morgan fingerprint density at radius 3 is 2.46 bits per heavy atom. The van der Waals surface area contributed by atoms with Crippen molar-refractivity contribution in [2.75, 3.05) is 19.7 Å². The maximum Gasteiger partial charge on any atom is 0.490 e. The highest BCUT2D eigenvalue weighted by Gasteiger charge is 2.38. The number of carboxylic acid groups (broad SMARTS) is 2. The van der Waals surface area contributed by atoms with Crippen molar-refractivity contribution in [1.82, 2.24) is 14.5 Å². The number of halogens is 3. The van der Waals surface area contributed by atoms with Crippen molar-refractivity contribution in [3.63, 3.8) is 0 Å². The number of carbonyl (C=O) groups excluding carboxylic acids is 1. The highest BCUT2D eigenvalue weighted by atomic mass is 19.4. The maximum atomic E-state index is 12.3. The zero-order valence-electron chi connectivity index (χ0n) is 14.8. The summed E-state index contributed by atoms with van der Waals surface area (Å²) in [6.45, 7) is 1.79. The minimum Gasteiger partial charge on any atom is -0.479 e. The number of nitrogens with zero attached hydrogens (tertiary/aromatic N) is 3. The van der Waals surface area contributed by atoms with Crippen molar-refractivity contribution < 1.29 is 42.5 Å². The third-order valence-corrected chi connectivity index (χ3v) is 4.23. The first kappa shape index (κ1) is 21.7. The van der Waals surface area contributed by atoms with Crippen LogP contribution in [-0.2, 0) is 38.5 Å². The van der Waals surface area contributed by atoms with E-state index in [2.05, 4.69) is 9.55 Å². The van der Waals surface area contributed by atoms with E-state index in [4.69, 9.17) is 19.7 Å². The van der Waals surface area contributed by atoms with Gasteiger partial charge in [0.25, 0.3) is 0 Å². The van der Waals surface area contributed by atoms with Gasteiger partial charge < -0.3 is 24.4 Å². The number of fused-ring (bicyclic) bond motifs is 1. The molecular formula is C16H20F3N3O6. The molecule has 1 unspecified atom stereocenters. The number of rotatable bonds is 3. The van der Waals surface area contributed by atoms with Crippen LogP contribution < -0.4 is 0 Å². The molecular weight excluding hydrogens is 387 g/mol. The number of carbonyl (C=O) groups is 3. The van der Waals surface area contributed by atoms with Crippen molar-refractivity contribution in [3.05, 3.63) is 17.7 Å². The Hall–Kier alpha value is -2.63. The normalized spacial score (nSPS) is 19.2. The van der Waals surface area contributed by atoms with Gasteiger partial charge >= 0.3 is 18.1 Å². The molecule has 12 heteroatoms. The van der Waals surface area contributed by atoms with Gasteiger partial charge in [-0.1, -0.05) is 0 Å². The Morgan fingerprint density at radius 2 is 1.89 bits per heavy atom. The molecule has 1 saturated heterocycles. The predicted molar refractivity (Wildman–Crippen MR) is 86.5 cm³/mol. The lowest BCUT2D eigenvalue weighted by Gasteiger charge is -2.30. The van der Waals surface area contributed by atoms with Crippen molar-refractivity contribution in [2.45, 2.75) is 44.5 Å². The van der Waals surface area contributed by atoms with Crippen LogP contribution in [0.5, 0.6) is 0 Å². The summed E-state index contributed by atoms with van der Waals surface area (Å²) < 4.78 is 39.0. The molecule has 9 nitrogen and oxygen atoms in total. The molecule has 1 atom stereocenters. The van der Waals surface area contributed by atoms with Crippen molar-refractivity contribution in [3.8, 4) is 0 Å². The van der Waals surface area contributed by atoms with Gasteiger partial charge in [-0.2, -0.15) is 13.2 Å². The zero-order valence-corrected chi connectivity index (χ0v) is 14.8. The molecule has 1 aromatic rings.